The SMILES string of the molecule is N#Cc1ccc(S(=O)(=O)c2ccc(-n3c4ccc(-n5c6ccccc6c6ccccc65)cc4c4cc(-n5c6ccccc6c6ccccc65)ccc43)cc2)cc1. The maximum atomic E-state index is 13.6. The minimum Gasteiger partial charge on any atom is -0.309 e. The van der Waals surface area contributed by atoms with E-state index in [-0.39, 0.29) is 9.79 Å². The van der Waals surface area contributed by atoms with E-state index >= 15 is 0 Å². The highest BCUT2D eigenvalue weighted by Crippen LogP contribution is 2.39. The molecule has 0 aliphatic carbocycles. The van der Waals surface area contributed by atoms with E-state index in [0.717, 1.165) is 60.9 Å². The van der Waals surface area contributed by atoms with Crippen LogP contribution in [-0.2, 0) is 9.84 Å². The van der Waals surface area contributed by atoms with Crippen molar-refractivity contribution in [2.24, 2.45) is 0 Å². The number of nitriles is 1. The number of para-hydroxylation sites is 4. The number of benzene rings is 8. The Hall–Kier alpha value is -7.40. The van der Waals surface area contributed by atoms with Crippen LogP contribution in [0.1, 0.15) is 5.56 Å². The molecule has 11 rings (SSSR count). The molecule has 0 aliphatic rings. The van der Waals surface area contributed by atoms with Crippen LogP contribution >= 0.6 is 0 Å². The zero-order valence-corrected chi connectivity index (χ0v) is 30.7. The number of rotatable bonds is 5. The monoisotopic (exact) mass is 738 g/mol. The van der Waals surface area contributed by atoms with Crippen LogP contribution in [-0.4, -0.2) is 22.1 Å². The third kappa shape index (κ3) is 4.63. The smallest absolute Gasteiger partial charge is 0.206 e. The fraction of sp³-hybridized carbons (Fsp3) is 0. The first-order valence-electron chi connectivity index (χ1n) is 18.4. The van der Waals surface area contributed by atoms with Gasteiger partial charge in [0.1, 0.15) is 0 Å². The molecule has 0 fully saturated rings. The molecule has 264 valence electrons. The highest BCUT2D eigenvalue weighted by molar-refractivity contribution is 7.91. The van der Waals surface area contributed by atoms with Gasteiger partial charge in [-0.05, 0) is 109 Å². The Labute approximate surface area is 321 Å². The second-order valence-electron chi connectivity index (χ2n) is 14.1. The molecule has 0 radical (unpaired) electrons. The zero-order chi connectivity index (χ0) is 37.5. The summed E-state index contributed by atoms with van der Waals surface area (Å²) in [4.78, 5) is 0.338. The van der Waals surface area contributed by atoms with Crippen LogP contribution in [0.25, 0.3) is 82.5 Å². The Morgan fingerprint density at radius 3 is 1.07 bits per heavy atom. The number of nitrogens with zero attached hydrogens (tertiary/aromatic N) is 4. The van der Waals surface area contributed by atoms with Gasteiger partial charge in [-0.25, -0.2) is 8.42 Å². The quantitative estimate of drug-likeness (QED) is 0.176. The summed E-state index contributed by atoms with van der Waals surface area (Å²) < 4.78 is 34.2. The minimum atomic E-state index is -3.79. The van der Waals surface area contributed by atoms with Crippen LogP contribution in [0.3, 0.4) is 0 Å². The molecule has 7 heteroatoms. The Kier molecular flexibility index (Phi) is 6.90. The summed E-state index contributed by atoms with van der Waals surface area (Å²) in [5, 5.41) is 16.2. The standard InChI is InChI=1S/C49H30N4O2S/c50-31-32-17-23-36(24-18-32)56(54,55)37-25-19-33(20-26-37)51-48-27-21-34(52-44-13-5-1-9-38(44)39-10-2-6-14-45(39)52)29-42(48)43-30-35(22-28-49(43)51)53-46-15-7-3-11-40(46)41-12-4-8-16-47(41)53/h1-30H. The maximum absolute atomic E-state index is 13.6. The minimum absolute atomic E-state index is 0.149. The lowest BCUT2D eigenvalue weighted by Crippen LogP contribution is -2.03. The van der Waals surface area contributed by atoms with E-state index in [2.05, 4.69) is 153 Å². The molecule has 8 aromatic carbocycles. The molecule has 0 bridgehead atoms. The fourth-order valence-electron chi connectivity index (χ4n) is 8.58. The van der Waals surface area contributed by atoms with Gasteiger partial charge >= 0.3 is 0 Å². The van der Waals surface area contributed by atoms with Crippen molar-refractivity contribution in [3.63, 3.8) is 0 Å². The molecule has 0 spiro atoms. The van der Waals surface area contributed by atoms with E-state index in [1.807, 2.05) is 12.1 Å². The Balaban J connectivity index is 1.15. The van der Waals surface area contributed by atoms with Crippen molar-refractivity contribution in [1.82, 2.24) is 13.7 Å². The average Bonchev–Trinajstić information content (AvgIpc) is 3.89. The first kappa shape index (κ1) is 32.1. The number of sulfone groups is 1. The molecule has 0 unspecified atom stereocenters. The van der Waals surface area contributed by atoms with Gasteiger partial charge in [-0.3, -0.25) is 0 Å². The van der Waals surface area contributed by atoms with Crippen LogP contribution in [0, 0.1) is 11.3 Å². The van der Waals surface area contributed by atoms with Gasteiger partial charge in [0.05, 0.1) is 54.5 Å². The first-order chi connectivity index (χ1) is 27.5. The third-order valence-electron chi connectivity index (χ3n) is 11.1. The van der Waals surface area contributed by atoms with Gasteiger partial charge in [-0.15, -0.1) is 0 Å². The molecular formula is C49H30N4O2S. The summed E-state index contributed by atoms with van der Waals surface area (Å²) in [5.74, 6) is 0. The number of fused-ring (bicyclic) bond motifs is 9. The van der Waals surface area contributed by atoms with E-state index in [9.17, 15) is 13.7 Å². The van der Waals surface area contributed by atoms with Gasteiger partial charge < -0.3 is 13.7 Å². The second kappa shape index (κ2) is 12.1. The van der Waals surface area contributed by atoms with Gasteiger partial charge in [-0.2, -0.15) is 5.26 Å². The predicted octanol–water partition coefficient (Wildman–Crippen LogP) is 11.7. The van der Waals surface area contributed by atoms with Crippen molar-refractivity contribution in [2.45, 2.75) is 9.79 Å². The number of hydrogen-bond donors (Lipinski definition) is 0. The average molecular weight is 739 g/mol. The van der Waals surface area contributed by atoms with Crippen molar-refractivity contribution >= 4 is 75.3 Å². The predicted molar refractivity (Wildman–Crippen MR) is 226 cm³/mol. The summed E-state index contributed by atoms with van der Waals surface area (Å²) >= 11 is 0. The van der Waals surface area contributed by atoms with Crippen molar-refractivity contribution in [3.8, 4) is 23.1 Å². The molecule has 0 saturated heterocycles. The van der Waals surface area contributed by atoms with Gasteiger partial charge in [0.25, 0.3) is 0 Å². The lowest BCUT2D eigenvalue weighted by Gasteiger charge is -2.12. The van der Waals surface area contributed by atoms with Crippen molar-refractivity contribution in [2.75, 3.05) is 0 Å². The topological polar surface area (TPSA) is 72.7 Å². The van der Waals surface area contributed by atoms with E-state index in [4.69, 9.17) is 0 Å². The van der Waals surface area contributed by atoms with E-state index in [1.165, 1.54) is 45.8 Å². The van der Waals surface area contributed by atoms with Crippen molar-refractivity contribution < 1.29 is 8.42 Å². The van der Waals surface area contributed by atoms with E-state index in [0.29, 0.717) is 5.56 Å². The normalized spacial score (nSPS) is 12.1. The molecule has 56 heavy (non-hydrogen) atoms. The lowest BCUT2D eigenvalue weighted by molar-refractivity contribution is 0.596. The summed E-state index contributed by atoms with van der Waals surface area (Å²) in [7, 11) is -3.79. The summed E-state index contributed by atoms with van der Waals surface area (Å²) in [5.41, 5.74) is 9.94. The highest BCUT2D eigenvalue weighted by Gasteiger charge is 2.21. The molecule has 0 saturated carbocycles. The van der Waals surface area contributed by atoms with Gasteiger partial charge in [-0.1, -0.05) is 72.8 Å². The van der Waals surface area contributed by atoms with Crippen molar-refractivity contribution in [1.29, 1.82) is 5.26 Å². The molecule has 11 aromatic rings. The van der Waals surface area contributed by atoms with Crippen LogP contribution in [0.4, 0.5) is 0 Å². The second-order valence-corrected chi connectivity index (χ2v) is 16.1. The summed E-state index contributed by atoms with van der Waals surface area (Å²) in [6.07, 6.45) is 0. The number of hydrogen-bond acceptors (Lipinski definition) is 3. The maximum Gasteiger partial charge on any atom is 0.206 e. The zero-order valence-electron chi connectivity index (χ0n) is 29.8. The Morgan fingerprint density at radius 1 is 0.357 bits per heavy atom. The summed E-state index contributed by atoms with van der Waals surface area (Å²) in [6.45, 7) is 0. The molecule has 0 amide bonds. The van der Waals surface area contributed by atoms with Crippen LogP contribution in [0.15, 0.2) is 192 Å². The van der Waals surface area contributed by atoms with E-state index in [1.54, 1.807) is 12.1 Å². The Bertz CT molecular complexity index is 3270. The summed E-state index contributed by atoms with van der Waals surface area (Å²) in [6, 6.07) is 62.6. The van der Waals surface area contributed by atoms with Gasteiger partial charge in [0.2, 0.25) is 9.84 Å². The fourth-order valence-corrected chi connectivity index (χ4v) is 9.84. The first-order valence-corrected chi connectivity index (χ1v) is 19.9. The van der Waals surface area contributed by atoms with E-state index < -0.39 is 9.84 Å². The van der Waals surface area contributed by atoms with Crippen LogP contribution in [0.5, 0.6) is 0 Å². The molecule has 0 N–H and O–H groups in total. The molecular weight excluding hydrogens is 709 g/mol. The molecule has 3 heterocycles. The molecule has 3 aromatic heterocycles. The van der Waals surface area contributed by atoms with Gasteiger partial charge in [0.15, 0.2) is 0 Å². The molecule has 0 aliphatic heterocycles. The van der Waals surface area contributed by atoms with Crippen LogP contribution in [0.2, 0.25) is 0 Å². The van der Waals surface area contributed by atoms with Crippen molar-refractivity contribution in [3.05, 3.63) is 188 Å². The molecule has 6 nitrogen and oxygen atoms in total. The highest BCUT2D eigenvalue weighted by atomic mass is 32.2. The lowest BCUT2D eigenvalue weighted by atomic mass is 10.1. The third-order valence-corrected chi connectivity index (χ3v) is 12.9. The van der Waals surface area contributed by atoms with Gasteiger partial charge in [0, 0.05) is 49.4 Å². The Morgan fingerprint density at radius 2 is 0.679 bits per heavy atom. The number of aromatic nitrogens is 3. The largest absolute Gasteiger partial charge is 0.309 e. The molecule has 0 atom stereocenters. The van der Waals surface area contributed by atoms with Crippen LogP contribution < -0.4 is 0 Å².